The van der Waals surface area contributed by atoms with Crippen molar-refractivity contribution in [2.45, 2.75) is 39.3 Å². The molecule has 0 radical (unpaired) electrons. The number of carbonyl (C=O) groups excluding carboxylic acids is 1. The molecule has 1 heterocycles. The lowest BCUT2D eigenvalue weighted by molar-refractivity contribution is 0.202. The van der Waals surface area contributed by atoms with Gasteiger partial charge >= 0.3 is 16.2 Å². The number of benzene rings is 2. The predicted octanol–water partition coefficient (Wildman–Crippen LogP) is 5.22. The standard InChI is InChI=1S/C24H27Cl2N3O5S/c1-2-3-12-33-23-15-21(29(28-23)17-19-9-10-20(25)14-22(19)26)11-13-35(31,32)34-24(30)27-16-18-7-5-4-6-8-18/h4-10,14-15H,2-3,11-13,16-17H2,1H3,(H,27,30). The van der Waals surface area contributed by atoms with Gasteiger partial charge in [0.25, 0.3) is 0 Å². The van der Waals surface area contributed by atoms with E-state index in [0.29, 0.717) is 34.8 Å². The van der Waals surface area contributed by atoms with Crippen LogP contribution in [-0.4, -0.2) is 36.7 Å². The second-order valence-electron chi connectivity index (χ2n) is 7.79. The van der Waals surface area contributed by atoms with E-state index in [4.69, 9.17) is 27.9 Å². The Bertz CT molecular complexity index is 1230. The molecule has 0 fully saturated rings. The SMILES string of the molecule is CCCCOc1cc(CCS(=O)(=O)OC(=O)NCc2ccccc2)n(Cc2ccc(Cl)cc2Cl)n1. The van der Waals surface area contributed by atoms with Gasteiger partial charge in [0.1, 0.15) is 0 Å². The highest BCUT2D eigenvalue weighted by molar-refractivity contribution is 7.87. The topological polar surface area (TPSA) is 99.5 Å². The summed E-state index contributed by atoms with van der Waals surface area (Å²) in [5.74, 6) is -0.0299. The molecule has 8 nitrogen and oxygen atoms in total. The molecule has 3 aromatic rings. The molecule has 0 aliphatic carbocycles. The van der Waals surface area contributed by atoms with Crippen LogP contribution < -0.4 is 10.1 Å². The summed E-state index contributed by atoms with van der Waals surface area (Å²) in [5.41, 5.74) is 2.18. The van der Waals surface area contributed by atoms with Gasteiger partial charge < -0.3 is 14.2 Å². The molecule has 0 unspecified atom stereocenters. The minimum atomic E-state index is -4.14. The number of nitrogens with zero attached hydrogens (tertiary/aromatic N) is 2. The van der Waals surface area contributed by atoms with Gasteiger partial charge in [0.15, 0.2) is 0 Å². The molecular formula is C24H27Cl2N3O5S. The maximum atomic E-state index is 12.4. The monoisotopic (exact) mass is 539 g/mol. The smallest absolute Gasteiger partial charge is 0.423 e. The molecular weight excluding hydrogens is 513 g/mol. The van der Waals surface area contributed by atoms with E-state index in [9.17, 15) is 13.2 Å². The number of ether oxygens (including phenoxy) is 1. The Hall–Kier alpha value is -2.75. The number of halogens is 2. The van der Waals surface area contributed by atoms with Crippen molar-refractivity contribution in [1.29, 1.82) is 0 Å². The molecule has 3 rings (SSSR count). The van der Waals surface area contributed by atoms with Gasteiger partial charge in [-0.2, -0.15) is 8.42 Å². The van der Waals surface area contributed by atoms with Crippen LogP contribution in [0, 0.1) is 0 Å². The number of hydrogen-bond donors (Lipinski definition) is 1. The van der Waals surface area contributed by atoms with E-state index in [1.165, 1.54) is 0 Å². The Kier molecular flexibility index (Phi) is 9.83. The van der Waals surface area contributed by atoms with Crippen molar-refractivity contribution in [3.05, 3.63) is 81.5 Å². The second-order valence-corrected chi connectivity index (χ2v) is 10.3. The molecule has 188 valence electrons. The maximum absolute atomic E-state index is 12.4. The summed E-state index contributed by atoms with van der Waals surface area (Å²) < 4.78 is 36.9. The predicted molar refractivity (Wildman–Crippen MR) is 135 cm³/mol. The van der Waals surface area contributed by atoms with Crippen molar-refractivity contribution in [3.8, 4) is 5.88 Å². The van der Waals surface area contributed by atoms with Crippen LogP contribution in [-0.2, 0) is 33.8 Å². The minimum absolute atomic E-state index is 0.0592. The molecule has 0 spiro atoms. The van der Waals surface area contributed by atoms with Crippen molar-refractivity contribution < 1.29 is 22.1 Å². The third-order valence-electron chi connectivity index (χ3n) is 5.01. The van der Waals surface area contributed by atoms with Gasteiger partial charge in [0.05, 0.1) is 18.9 Å². The molecule has 1 amide bonds. The van der Waals surface area contributed by atoms with Gasteiger partial charge in [-0.3, -0.25) is 4.68 Å². The Morgan fingerprint density at radius 2 is 1.89 bits per heavy atom. The summed E-state index contributed by atoms with van der Waals surface area (Å²) in [6.45, 7) is 3.00. The number of hydrogen-bond acceptors (Lipinski definition) is 6. The average molecular weight is 540 g/mol. The number of amides is 1. The van der Waals surface area contributed by atoms with Crippen molar-refractivity contribution in [1.82, 2.24) is 15.1 Å². The fraction of sp³-hybridized carbons (Fsp3) is 0.333. The molecule has 0 saturated carbocycles. The van der Waals surface area contributed by atoms with Crippen LogP contribution in [0.25, 0.3) is 0 Å². The van der Waals surface area contributed by atoms with E-state index in [1.54, 1.807) is 28.9 Å². The van der Waals surface area contributed by atoms with Gasteiger partial charge in [-0.25, -0.2) is 4.79 Å². The molecule has 0 saturated heterocycles. The number of aryl methyl sites for hydroxylation is 1. The Balaban J connectivity index is 1.65. The fourth-order valence-corrected chi connectivity index (χ4v) is 4.46. The van der Waals surface area contributed by atoms with Gasteiger partial charge in [-0.1, -0.05) is 72.9 Å². The van der Waals surface area contributed by atoms with Crippen LogP contribution in [0.5, 0.6) is 5.88 Å². The third kappa shape index (κ3) is 8.76. The Morgan fingerprint density at radius 1 is 1.11 bits per heavy atom. The summed E-state index contributed by atoms with van der Waals surface area (Å²) in [7, 11) is -4.14. The first-order chi connectivity index (χ1) is 16.8. The minimum Gasteiger partial charge on any atom is -0.477 e. The first-order valence-corrected chi connectivity index (χ1v) is 13.5. The van der Waals surface area contributed by atoms with E-state index in [2.05, 4.69) is 21.5 Å². The molecule has 11 heteroatoms. The lowest BCUT2D eigenvalue weighted by atomic mass is 10.2. The zero-order chi connectivity index (χ0) is 25.3. The first kappa shape index (κ1) is 26.8. The molecule has 1 N–H and O–H groups in total. The van der Waals surface area contributed by atoms with Crippen LogP contribution in [0.4, 0.5) is 4.79 Å². The van der Waals surface area contributed by atoms with Crippen LogP contribution in [0.1, 0.15) is 36.6 Å². The summed E-state index contributed by atoms with van der Waals surface area (Å²) in [5, 5.41) is 7.87. The van der Waals surface area contributed by atoms with Crippen LogP contribution >= 0.6 is 23.2 Å². The molecule has 35 heavy (non-hydrogen) atoms. The quantitative estimate of drug-likeness (QED) is 0.250. The van der Waals surface area contributed by atoms with Crippen molar-refractivity contribution in [3.63, 3.8) is 0 Å². The number of carbonyl (C=O) groups is 1. The molecule has 0 bridgehead atoms. The van der Waals surface area contributed by atoms with Gasteiger partial charge in [0, 0.05) is 34.8 Å². The molecule has 0 atom stereocenters. The second kappa shape index (κ2) is 12.8. The lowest BCUT2D eigenvalue weighted by Crippen LogP contribution is -2.28. The molecule has 2 aromatic carbocycles. The number of rotatable bonds is 12. The Labute approximate surface area is 215 Å². The summed E-state index contributed by atoms with van der Waals surface area (Å²) in [6.07, 6.45) is 0.865. The largest absolute Gasteiger partial charge is 0.477 e. The van der Waals surface area contributed by atoms with E-state index < -0.39 is 22.0 Å². The summed E-state index contributed by atoms with van der Waals surface area (Å²) in [4.78, 5) is 12.0. The lowest BCUT2D eigenvalue weighted by Gasteiger charge is -2.10. The van der Waals surface area contributed by atoms with Gasteiger partial charge in [-0.15, -0.1) is 5.10 Å². The first-order valence-electron chi connectivity index (χ1n) is 11.1. The summed E-state index contributed by atoms with van der Waals surface area (Å²) in [6, 6.07) is 15.9. The molecule has 0 aliphatic rings. The van der Waals surface area contributed by atoms with E-state index in [1.807, 2.05) is 30.3 Å². The van der Waals surface area contributed by atoms with E-state index >= 15 is 0 Å². The van der Waals surface area contributed by atoms with Crippen molar-refractivity contribution >= 4 is 39.4 Å². The van der Waals surface area contributed by atoms with Crippen LogP contribution in [0.2, 0.25) is 10.0 Å². The van der Waals surface area contributed by atoms with Crippen molar-refractivity contribution in [2.75, 3.05) is 12.4 Å². The number of aromatic nitrogens is 2. The number of nitrogens with one attached hydrogen (secondary N) is 1. The average Bonchev–Trinajstić information content (AvgIpc) is 3.20. The van der Waals surface area contributed by atoms with Gasteiger partial charge in [0.2, 0.25) is 5.88 Å². The third-order valence-corrected chi connectivity index (χ3v) is 6.71. The number of unbranched alkanes of at least 4 members (excludes halogenated alkanes) is 1. The maximum Gasteiger partial charge on any atom is 0.423 e. The van der Waals surface area contributed by atoms with Gasteiger partial charge in [-0.05, 0) is 29.7 Å². The molecule has 1 aromatic heterocycles. The van der Waals surface area contributed by atoms with E-state index in [-0.39, 0.29) is 13.0 Å². The zero-order valence-electron chi connectivity index (χ0n) is 19.2. The Morgan fingerprint density at radius 3 is 2.60 bits per heavy atom. The van der Waals surface area contributed by atoms with Crippen LogP contribution in [0.3, 0.4) is 0 Å². The highest BCUT2D eigenvalue weighted by Gasteiger charge is 2.20. The fourth-order valence-electron chi connectivity index (χ4n) is 3.16. The highest BCUT2D eigenvalue weighted by atomic mass is 35.5. The van der Waals surface area contributed by atoms with Crippen molar-refractivity contribution in [2.24, 2.45) is 0 Å². The zero-order valence-corrected chi connectivity index (χ0v) is 21.6. The summed E-state index contributed by atoms with van der Waals surface area (Å²) >= 11 is 12.3. The van der Waals surface area contributed by atoms with Crippen LogP contribution in [0.15, 0.2) is 54.6 Å². The molecule has 0 aliphatic heterocycles. The van der Waals surface area contributed by atoms with E-state index in [0.717, 1.165) is 24.0 Å². The normalized spacial score (nSPS) is 11.3. The highest BCUT2D eigenvalue weighted by Crippen LogP contribution is 2.23.